The molecule has 1 atom stereocenters. The molecule has 0 bridgehead atoms. The summed E-state index contributed by atoms with van der Waals surface area (Å²) >= 11 is 1.39. The van der Waals surface area contributed by atoms with Crippen molar-refractivity contribution in [2.24, 2.45) is 5.92 Å². The van der Waals surface area contributed by atoms with E-state index in [1.165, 1.54) is 11.3 Å². The zero-order chi connectivity index (χ0) is 19.6. The lowest BCUT2D eigenvalue weighted by Crippen LogP contribution is -2.33. The van der Waals surface area contributed by atoms with Crippen molar-refractivity contribution >= 4 is 28.3 Å². The summed E-state index contributed by atoms with van der Waals surface area (Å²) in [7, 11) is 1.62. The topological polar surface area (TPSA) is 97.3 Å². The molecule has 2 aromatic heterocycles. The molecule has 2 aromatic rings. The summed E-state index contributed by atoms with van der Waals surface area (Å²) in [4.78, 5) is 30.8. The highest BCUT2D eigenvalue weighted by Gasteiger charge is 2.36. The number of rotatable bonds is 6. The number of carbonyl (C=O) groups is 2. The van der Waals surface area contributed by atoms with Crippen LogP contribution in [0.2, 0.25) is 0 Å². The van der Waals surface area contributed by atoms with E-state index in [1.807, 2.05) is 20.8 Å². The summed E-state index contributed by atoms with van der Waals surface area (Å²) in [6.07, 6.45) is 2.68. The number of nitrogens with one attached hydrogen (secondary N) is 1. The average Bonchev–Trinajstić information content (AvgIpc) is 3.27. The first-order valence-electron chi connectivity index (χ1n) is 8.84. The molecule has 1 N–H and O–H groups in total. The molecule has 2 amide bonds. The van der Waals surface area contributed by atoms with Crippen LogP contribution in [0.5, 0.6) is 5.75 Å². The fraction of sp³-hybridized carbons (Fsp3) is 0.500. The second kappa shape index (κ2) is 7.99. The van der Waals surface area contributed by atoms with Crippen molar-refractivity contribution in [2.75, 3.05) is 18.6 Å². The molecule has 0 aromatic carbocycles. The van der Waals surface area contributed by atoms with Crippen LogP contribution in [-0.2, 0) is 22.6 Å². The first kappa shape index (κ1) is 19.2. The molecule has 3 rings (SSSR count). The van der Waals surface area contributed by atoms with E-state index >= 15 is 0 Å². The summed E-state index contributed by atoms with van der Waals surface area (Å²) < 4.78 is 5.40. The highest BCUT2D eigenvalue weighted by Crippen LogP contribution is 2.28. The second-order valence-electron chi connectivity index (χ2n) is 6.50. The number of ether oxygens (including phenoxy) is 1. The summed E-state index contributed by atoms with van der Waals surface area (Å²) in [5, 5.41) is 12.4. The minimum atomic E-state index is -0.404. The van der Waals surface area contributed by atoms with Gasteiger partial charge in [-0.05, 0) is 20.3 Å². The predicted molar refractivity (Wildman–Crippen MR) is 102 cm³/mol. The van der Waals surface area contributed by atoms with Crippen LogP contribution < -0.4 is 15.0 Å². The van der Waals surface area contributed by atoms with Crippen LogP contribution in [0.25, 0.3) is 0 Å². The van der Waals surface area contributed by atoms with Crippen molar-refractivity contribution in [1.82, 2.24) is 20.5 Å². The summed E-state index contributed by atoms with van der Waals surface area (Å²) in [5.74, 6) is 0.116. The van der Waals surface area contributed by atoms with Crippen LogP contribution in [0.3, 0.4) is 0 Å². The van der Waals surface area contributed by atoms with Gasteiger partial charge >= 0.3 is 0 Å². The maximum absolute atomic E-state index is 12.6. The van der Waals surface area contributed by atoms with Gasteiger partial charge in [0.2, 0.25) is 16.9 Å². The quantitative estimate of drug-likeness (QED) is 0.809. The Morgan fingerprint density at radius 1 is 1.41 bits per heavy atom. The van der Waals surface area contributed by atoms with Crippen molar-refractivity contribution in [3.63, 3.8) is 0 Å². The predicted octanol–water partition coefficient (Wildman–Crippen LogP) is 1.79. The zero-order valence-electron chi connectivity index (χ0n) is 15.9. The smallest absolute Gasteiger partial charge is 0.229 e. The monoisotopic (exact) mass is 389 g/mol. The minimum absolute atomic E-state index is 0.0970. The largest absolute Gasteiger partial charge is 0.496 e. The van der Waals surface area contributed by atoms with Crippen LogP contribution in [0, 0.1) is 19.8 Å². The van der Waals surface area contributed by atoms with E-state index in [9.17, 15) is 9.59 Å². The van der Waals surface area contributed by atoms with Crippen LogP contribution in [0.15, 0.2) is 6.20 Å². The van der Waals surface area contributed by atoms with Crippen molar-refractivity contribution in [1.29, 1.82) is 0 Å². The van der Waals surface area contributed by atoms with Crippen molar-refractivity contribution in [2.45, 2.75) is 40.2 Å². The fourth-order valence-corrected chi connectivity index (χ4v) is 3.93. The molecule has 0 saturated carbocycles. The molecule has 1 unspecified atom stereocenters. The molecule has 1 aliphatic rings. The molecule has 1 aliphatic heterocycles. The fourth-order valence-electron chi connectivity index (χ4n) is 3.13. The molecule has 9 heteroatoms. The number of aryl methyl sites for hydroxylation is 2. The Bertz CT molecular complexity index is 867. The Labute approximate surface area is 162 Å². The first-order valence-corrected chi connectivity index (χ1v) is 9.65. The molecule has 1 fully saturated rings. The number of amides is 2. The van der Waals surface area contributed by atoms with Gasteiger partial charge in [-0.15, -0.1) is 10.2 Å². The summed E-state index contributed by atoms with van der Waals surface area (Å²) in [5.41, 5.74) is 2.61. The van der Waals surface area contributed by atoms with Crippen LogP contribution >= 0.6 is 11.3 Å². The van der Waals surface area contributed by atoms with E-state index in [2.05, 4.69) is 20.5 Å². The normalized spacial score (nSPS) is 16.7. The third-order valence-electron chi connectivity index (χ3n) is 4.67. The number of hydrogen-bond acceptors (Lipinski definition) is 7. The van der Waals surface area contributed by atoms with Crippen LogP contribution in [0.4, 0.5) is 5.13 Å². The van der Waals surface area contributed by atoms with Gasteiger partial charge in [0, 0.05) is 30.3 Å². The Kier molecular flexibility index (Phi) is 5.69. The molecule has 0 radical (unpaired) electrons. The SMILES string of the molecule is CCc1nnc(N2CC(C(=O)NCc3ncc(C)c(OC)c3C)CC2=O)s1. The number of carbonyl (C=O) groups excluding carboxylic acids is 2. The lowest BCUT2D eigenvalue weighted by atomic mass is 10.1. The lowest BCUT2D eigenvalue weighted by molar-refractivity contribution is -0.126. The lowest BCUT2D eigenvalue weighted by Gasteiger charge is -2.15. The van der Waals surface area contributed by atoms with E-state index in [-0.39, 0.29) is 18.2 Å². The number of aromatic nitrogens is 3. The number of nitrogens with zero attached hydrogens (tertiary/aromatic N) is 4. The number of anilines is 1. The van der Waals surface area contributed by atoms with E-state index in [1.54, 1.807) is 18.2 Å². The third kappa shape index (κ3) is 3.92. The van der Waals surface area contributed by atoms with Gasteiger partial charge in [0.25, 0.3) is 0 Å². The Morgan fingerprint density at radius 3 is 2.85 bits per heavy atom. The van der Waals surface area contributed by atoms with Gasteiger partial charge in [0.05, 0.1) is 25.3 Å². The molecular weight excluding hydrogens is 366 g/mol. The van der Waals surface area contributed by atoms with Crippen LogP contribution in [0.1, 0.15) is 35.2 Å². The Morgan fingerprint density at radius 2 is 2.19 bits per heavy atom. The Balaban J connectivity index is 1.63. The standard InChI is InChI=1S/C18H23N5O3S/c1-5-14-21-22-18(27-14)23-9-12(6-15(23)24)17(25)20-8-13-11(3)16(26-4)10(2)7-19-13/h7,12H,5-6,8-9H2,1-4H3,(H,20,25). The number of hydrogen-bond donors (Lipinski definition) is 1. The van der Waals surface area contributed by atoms with Crippen LogP contribution in [-0.4, -0.2) is 40.7 Å². The second-order valence-corrected chi connectivity index (χ2v) is 7.54. The van der Waals surface area contributed by atoms with E-state index in [0.29, 0.717) is 18.2 Å². The summed E-state index contributed by atoms with van der Waals surface area (Å²) in [6.45, 7) is 6.46. The van der Waals surface area contributed by atoms with Crippen molar-refractivity contribution in [3.8, 4) is 5.75 Å². The number of pyridine rings is 1. The van der Waals surface area contributed by atoms with Crippen molar-refractivity contribution in [3.05, 3.63) is 28.0 Å². The zero-order valence-corrected chi connectivity index (χ0v) is 16.7. The highest BCUT2D eigenvalue weighted by atomic mass is 32.1. The number of methoxy groups -OCH3 is 1. The van der Waals surface area contributed by atoms with Gasteiger partial charge in [-0.3, -0.25) is 19.5 Å². The maximum Gasteiger partial charge on any atom is 0.229 e. The maximum atomic E-state index is 12.6. The average molecular weight is 389 g/mol. The van der Waals surface area contributed by atoms with Gasteiger partial charge in [0.1, 0.15) is 10.8 Å². The Hall–Kier alpha value is -2.55. The van der Waals surface area contributed by atoms with Gasteiger partial charge in [-0.1, -0.05) is 18.3 Å². The summed E-state index contributed by atoms with van der Waals surface area (Å²) in [6, 6.07) is 0. The molecule has 0 spiro atoms. The van der Waals surface area contributed by atoms with Gasteiger partial charge in [-0.25, -0.2) is 0 Å². The molecule has 1 saturated heterocycles. The van der Waals surface area contributed by atoms with Crippen molar-refractivity contribution < 1.29 is 14.3 Å². The minimum Gasteiger partial charge on any atom is -0.496 e. The molecule has 8 nitrogen and oxygen atoms in total. The molecule has 3 heterocycles. The van der Waals surface area contributed by atoms with E-state index < -0.39 is 5.92 Å². The van der Waals surface area contributed by atoms with Gasteiger partial charge < -0.3 is 10.1 Å². The highest BCUT2D eigenvalue weighted by molar-refractivity contribution is 7.15. The van der Waals surface area contributed by atoms with Gasteiger partial charge in [0.15, 0.2) is 0 Å². The first-order chi connectivity index (χ1) is 12.9. The molecule has 0 aliphatic carbocycles. The third-order valence-corrected chi connectivity index (χ3v) is 5.76. The molecule has 144 valence electrons. The van der Waals surface area contributed by atoms with Gasteiger partial charge in [-0.2, -0.15) is 0 Å². The molecule has 27 heavy (non-hydrogen) atoms. The van der Waals surface area contributed by atoms with E-state index in [4.69, 9.17) is 4.74 Å². The van der Waals surface area contributed by atoms with E-state index in [0.717, 1.165) is 34.0 Å². The molecular formula is C18H23N5O3S.